The number of nitrogens with one attached hydrogen (secondary N) is 2. The van der Waals surface area contributed by atoms with E-state index in [-0.39, 0.29) is 5.91 Å². The highest BCUT2D eigenvalue weighted by Crippen LogP contribution is 2.40. The fourth-order valence-electron chi connectivity index (χ4n) is 2.63. The van der Waals surface area contributed by atoms with E-state index in [2.05, 4.69) is 38.9 Å². The molecule has 1 aliphatic rings. The molecule has 23 heavy (non-hydrogen) atoms. The number of aromatic nitrogens is 4. The van der Waals surface area contributed by atoms with Gasteiger partial charge < -0.3 is 9.88 Å². The maximum absolute atomic E-state index is 12.2. The van der Waals surface area contributed by atoms with Gasteiger partial charge in [0.15, 0.2) is 5.16 Å². The number of aryl methyl sites for hydroxylation is 2. The van der Waals surface area contributed by atoms with Crippen LogP contribution in [-0.4, -0.2) is 31.4 Å². The Balaban J connectivity index is 1.65. The number of amides is 1. The van der Waals surface area contributed by atoms with E-state index in [1.807, 2.05) is 20.0 Å². The summed E-state index contributed by atoms with van der Waals surface area (Å²) in [6.07, 6.45) is 4.38. The molecule has 124 valence electrons. The first kappa shape index (κ1) is 16.1. The molecule has 1 saturated carbocycles. The van der Waals surface area contributed by atoms with Gasteiger partial charge >= 0.3 is 0 Å². The van der Waals surface area contributed by atoms with Crippen LogP contribution in [0.3, 0.4) is 0 Å². The lowest BCUT2D eigenvalue weighted by Crippen LogP contribution is -2.15. The van der Waals surface area contributed by atoms with Crippen LogP contribution in [0, 0.1) is 13.8 Å². The molecule has 0 saturated heterocycles. The maximum Gasteiger partial charge on any atom is 0.234 e. The minimum atomic E-state index is -0.0287. The summed E-state index contributed by atoms with van der Waals surface area (Å²) >= 11 is 1.50. The Hall–Kier alpha value is -1.76. The molecule has 2 N–H and O–H groups in total. The van der Waals surface area contributed by atoms with Gasteiger partial charge in [0.2, 0.25) is 5.91 Å². The average Bonchev–Trinajstić information content (AvgIpc) is 3.18. The van der Waals surface area contributed by atoms with E-state index >= 15 is 0 Å². The smallest absolute Gasteiger partial charge is 0.234 e. The van der Waals surface area contributed by atoms with Crippen molar-refractivity contribution in [3.05, 3.63) is 23.3 Å². The van der Waals surface area contributed by atoms with Gasteiger partial charge in [-0.25, -0.2) is 4.98 Å². The molecule has 3 rings (SSSR count). The number of imidazole rings is 1. The normalized spacial score (nSPS) is 14.5. The van der Waals surface area contributed by atoms with Crippen LogP contribution in [0.4, 0.5) is 5.69 Å². The number of nitrogens with zero attached hydrogens (tertiary/aromatic N) is 3. The van der Waals surface area contributed by atoms with Crippen LogP contribution in [0.1, 0.15) is 55.7 Å². The number of carbonyl (C=O) groups excluding carboxylic acids is 1. The standard InChI is InChI=1S/C16H23N5OS/c1-9(2)13-7-17-16(21(13)12-5-6-12)23-8-14(22)18-15-10(3)19-20-11(15)4/h7,9,12H,5-6,8H2,1-4H3,(H,18,22)(H,19,20). The highest BCUT2D eigenvalue weighted by atomic mass is 32.2. The fraction of sp³-hybridized carbons (Fsp3) is 0.562. The van der Waals surface area contributed by atoms with Crippen LogP contribution >= 0.6 is 11.8 Å². The quantitative estimate of drug-likeness (QED) is 0.794. The number of hydrogen-bond donors (Lipinski definition) is 2. The average molecular weight is 333 g/mol. The second-order valence-electron chi connectivity index (χ2n) is 6.37. The largest absolute Gasteiger partial charge is 0.322 e. The van der Waals surface area contributed by atoms with E-state index in [4.69, 9.17) is 0 Å². The zero-order valence-electron chi connectivity index (χ0n) is 14.0. The zero-order valence-corrected chi connectivity index (χ0v) is 14.8. The van der Waals surface area contributed by atoms with Crippen molar-refractivity contribution in [1.29, 1.82) is 0 Å². The topological polar surface area (TPSA) is 75.6 Å². The molecule has 2 heterocycles. The van der Waals surface area contributed by atoms with Crippen LogP contribution in [-0.2, 0) is 4.79 Å². The van der Waals surface area contributed by atoms with Crippen molar-refractivity contribution in [1.82, 2.24) is 19.7 Å². The summed E-state index contributed by atoms with van der Waals surface area (Å²) in [5.41, 5.74) is 3.73. The first-order valence-corrected chi connectivity index (χ1v) is 8.97. The molecule has 2 aromatic rings. The predicted molar refractivity (Wildman–Crippen MR) is 92.0 cm³/mol. The van der Waals surface area contributed by atoms with Gasteiger partial charge in [-0.15, -0.1) is 0 Å². The van der Waals surface area contributed by atoms with Crippen molar-refractivity contribution in [2.24, 2.45) is 0 Å². The molecule has 0 bridgehead atoms. The van der Waals surface area contributed by atoms with E-state index in [0.29, 0.717) is 17.7 Å². The number of thioether (sulfide) groups is 1. The van der Waals surface area contributed by atoms with Gasteiger partial charge in [0.05, 0.1) is 22.8 Å². The number of hydrogen-bond acceptors (Lipinski definition) is 4. The molecule has 1 aliphatic carbocycles. The van der Waals surface area contributed by atoms with Crippen molar-refractivity contribution in [3.63, 3.8) is 0 Å². The Morgan fingerprint density at radius 2 is 2.22 bits per heavy atom. The van der Waals surface area contributed by atoms with E-state index in [0.717, 1.165) is 22.2 Å². The SMILES string of the molecule is Cc1n[nH]c(C)c1NC(=O)CSc1ncc(C(C)C)n1C1CC1. The van der Waals surface area contributed by atoms with Crippen molar-refractivity contribution >= 4 is 23.4 Å². The van der Waals surface area contributed by atoms with Crippen LogP contribution in [0.2, 0.25) is 0 Å². The maximum atomic E-state index is 12.2. The summed E-state index contributed by atoms with van der Waals surface area (Å²) in [6, 6.07) is 0.568. The Morgan fingerprint density at radius 1 is 1.48 bits per heavy atom. The van der Waals surface area contributed by atoms with Gasteiger partial charge in [-0.05, 0) is 32.6 Å². The molecule has 0 unspecified atom stereocenters. The van der Waals surface area contributed by atoms with Crippen molar-refractivity contribution in [2.45, 2.75) is 57.7 Å². The van der Waals surface area contributed by atoms with E-state index in [9.17, 15) is 4.79 Å². The van der Waals surface area contributed by atoms with E-state index < -0.39 is 0 Å². The number of rotatable bonds is 6. The van der Waals surface area contributed by atoms with Gasteiger partial charge in [0, 0.05) is 17.9 Å². The van der Waals surface area contributed by atoms with Crippen molar-refractivity contribution in [3.8, 4) is 0 Å². The van der Waals surface area contributed by atoms with Gasteiger partial charge in [-0.2, -0.15) is 5.10 Å². The fourth-order valence-corrected chi connectivity index (χ4v) is 3.48. The molecule has 0 atom stereocenters. The Morgan fingerprint density at radius 3 is 2.78 bits per heavy atom. The number of anilines is 1. The van der Waals surface area contributed by atoms with Crippen LogP contribution in [0.5, 0.6) is 0 Å². The molecule has 0 aliphatic heterocycles. The van der Waals surface area contributed by atoms with Crippen LogP contribution in [0.15, 0.2) is 11.4 Å². The lowest BCUT2D eigenvalue weighted by Gasteiger charge is -2.12. The first-order valence-electron chi connectivity index (χ1n) is 7.98. The third-order valence-electron chi connectivity index (χ3n) is 4.02. The van der Waals surface area contributed by atoms with Gasteiger partial charge in [-0.3, -0.25) is 9.89 Å². The number of aromatic amines is 1. The second kappa shape index (κ2) is 6.39. The lowest BCUT2D eigenvalue weighted by atomic mass is 10.1. The second-order valence-corrected chi connectivity index (χ2v) is 7.31. The monoisotopic (exact) mass is 333 g/mol. The lowest BCUT2D eigenvalue weighted by molar-refractivity contribution is -0.113. The van der Waals surface area contributed by atoms with E-state index in [1.165, 1.54) is 30.3 Å². The predicted octanol–water partition coefficient (Wildman–Crippen LogP) is 3.41. The molecule has 1 fully saturated rings. The summed E-state index contributed by atoms with van der Waals surface area (Å²) in [5, 5.41) is 10.9. The zero-order chi connectivity index (χ0) is 16.6. The van der Waals surface area contributed by atoms with Crippen molar-refractivity contribution in [2.75, 3.05) is 11.1 Å². The first-order chi connectivity index (χ1) is 11.0. The molecule has 0 aromatic carbocycles. The highest BCUT2D eigenvalue weighted by Gasteiger charge is 2.29. The summed E-state index contributed by atoms with van der Waals surface area (Å²) in [6.45, 7) is 8.14. The Labute approximate surface area is 140 Å². The summed E-state index contributed by atoms with van der Waals surface area (Å²) in [5.74, 6) is 0.771. The Bertz CT molecular complexity index is 695. The van der Waals surface area contributed by atoms with Gasteiger partial charge in [0.1, 0.15) is 0 Å². The minimum Gasteiger partial charge on any atom is -0.322 e. The molecule has 7 heteroatoms. The number of carbonyl (C=O) groups is 1. The molecular formula is C16H23N5OS. The Kier molecular flexibility index (Phi) is 4.48. The van der Waals surface area contributed by atoms with Crippen molar-refractivity contribution < 1.29 is 4.79 Å². The van der Waals surface area contributed by atoms with E-state index in [1.54, 1.807) is 0 Å². The summed E-state index contributed by atoms with van der Waals surface area (Å²) in [7, 11) is 0. The van der Waals surface area contributed by atoms with Crippen LogP contribution in [0.25, 0.3) is 0 Å². The molecule has 6 nitrogen and oxygen atoms in total. The minimum absolute atomic E-state index is 0.0287. The van der Waals surface area contributed by atoms with Gasteiger partial charge in [0.25, 0.3) is 0 Å². The summed E-state index contributed by atoms with van der Waals surface area (Å²) in [4.78, 5) is 16.7. The summed E-state index contributed by atoms with van der Waals surface area (Å²) < 4.78 is 2.32. The molecule has 1 amide bonds. The molecular weight excluding hydrogens is 310 g/mol. The highest BCUT2D eigenvalue weighted by molar-refractivity contribution is 7.99. The molecule has 0 radical (unpaired) electrons. The van der Waals surface area contributed by atoms with Gasteiger partial charge in [-0.1, -0.05) is 25.6 Å². The molecule has 0 spiro atoms. The molecule has 2 aromatic heterocycles. The number of H-pyrrole nitrogens is 1. The van der Waals surface area contributed by atoms with Crippen LogP contribution < -0.4 is 5.32 Å². The third-order valence-corrected chi connectivity index (χ3v) is 4.99. The third kappa shape index (κ3) is 3.44.